The lowest BCUT2D eigenvalue weighted by atomic mass is 10.3. The van der Waals surface area contributed by atoms with Crippen LogP contribution in [0.3, 0.4) is 0 Å². The molecular formula is C16H16N6O5S. The summed E-state index contributed by atoms with van der Waals surface area (Å²) in [6.45, 7) is 1.70. The molecule has 0 aliphatic carbocycles. The number of benzene rings is 1. The van der Waals surface area contributed by atoms with E-state index in [1.54, 1.807) is 19.1 Å². The highest BCUT2D eigenvalue weighted by Crippen LogP contribution is 2.20. The lowest BCUT2D eigenvalue weighted by Crippen LogP contribution is -2.18. The van der Waals surface area contributed by atoms with Crippen molar-refractivity contribution in [1.82, 2.24) is 20.0 Å². The van der Waals surface area contributed by atoms with Gasteiger partial charge in [0, 0.05) is 6.20 Å². The summed E-state index contributed by atoms with van der Waals surface area (Å²) in [7, 11) is -4.14. The van der Waals surface area contributed by atoms with Gasteiger partial charge in [-0.2, -0.15) is 18.6 Å². The van der Waals surface area contributed by atoms with Gasteiger partial charge in [-0.05, 0) is 31.2 Å². The number of carbonyl (C=O) groups is 2. The highest BCUT2D eigenvalue weighted by atomic mass is 32.2. The fraction of sp³-hybridized carbons (Fsp3) is 0.125. The van der Waals surface area contributed by atoms with E-state index in [0.717, 1.165) is 6.20 Å². The van der Waals surface area contributed by atoms with Crippen molar-refractivity contribution in [2.75, 3.05) is 11.3 Å². The maximum Gasteiger partial charge on any atom is 0.342 e. The number of primary amides is 1. The molecule has 4 N–H and O–H groups in total. The minimum atomic E-state index is -4.14. The second kappa shape index (κ2) is 7.52. The van der Waals surface area contributed by atoms with Gasteiger partial charge in [-0.15, -0.1) is 0 Å². The molecule has 2 heterocycles. The summed E-state index contributed by atoms with van der Waals surface area (Å²) in [5.74, 6) is -1.48. The van der Waals surface area contributed by atoms with Gasteiger partial charge in [-0.3, -0.25) is 14.6 Å². The quantitative estimate of drug-likeness (QED) is 0.487. The SMILES string of the molecule is CCOC(=O)c1cn[nH]c1S(=O)(=O)Nc1cccc(-n2ccc(C(N)=O)n2)c1. The summed E-state index contributed by atoms with van der Waals surface area (Å²) < 4.78 is 33.9. The molecule has 146 valence electrons. The second-order valence-electron chi connectivity index (χ2n) is 5.50. The Kier molecular flexibility index (Phi) is 5.13. The number of rotatable bonds is 7. The number of esters is 1. The maximum atomic E-state index is 12.7. The van der Waals surface area contributed by atoms with Crippen molar-refractivity contribution in [1.29, 1.82) is 0 Å². The van der Waals surface area contributed by atoms with E-state index in [0.29, 0.717) is 5.69 Å². The third-order valence-corrected chi connectivity index (χ3v) is 4.93. The highest BCUT2D eigenvalue weighted by molar-refractivity contribution is 7.92. The smallest absolute Gasteiger partial charge is 0.342 e. The van der Waals surface area contributed by atoms with E-state index in [9.17, 15) is 18.0 Å². The van der Waals surface area contributed by atoms with Crippen LogP contribution >= 0.6 is 0 Å². The number of carbonyl (C=O) groups excluding carboxylic acids is 2. The minimum absolute atomic E-state index is 0.0718. The molecule has 0 aliphatic rings. The van der Waals surface area contributed by atoms with Crippen molar-refractivity contribution < 1.29 is 22.7 Å². The van der Waals surface area contributed by atoms with Crippen LogP contribution in [-0.2, 0) is 14.8 Å². The van der Waals surface area contributed by atoms with Gasteiger partial charge in [0.1, 0.15) is 11.3 Å². The Labute approximate surface area is 159 Å². The van der Waals surface area contributed by atoms with Crippen LogP contribution in [0, 0.1) is 0 Å². The first-order valence-corrected chi connectivity index (χ1v) is 9.49. The highest BCUT2D eigenvalue weighted by Gasteiger charge is 2.26. The van der Waals surface area contributed by atoms with E-state index in [-0.39, 0.29) is 23.6 Å². The number of hydrogen-bond donors (Lipinski definition) is 3. The van der Waals surface area contributed by atoms with E-state index in [1.807, 2.05) is 0 Å². The van der Waals surface area contributed by atoms with E-state index in [2.05, 4.69) is 20.0 Å². The number of aromatic nitrogens is 4. The average Bonchev–Trinajstić information content (AvgIpc) is 3.32. The molecule has 11 nitrogen and oxygen atoms in total. The molecule has 0 radical (unpaired) electrons. The Balaban J connectivity index is 1.88. The summed E-state index contributed by atoms with van der Waals surface area (Å²) in [5, 5.41) is 9.51. The van der Waals surface area contributed by atoms with Crippen molar-refractivity contribution in [3.8, 4) is 5.69 Å². The van der Waals surface area contributed by atoms with E-state index < -0.39 is 26.9 Å². The maximum absolute atomic E-state index is 12.7. The molecule has 3 aromatic rings. The van der Waals surface area contributed by atoms with Gasteiger partial charge in [-0.1, -0.05) is 6.07 Å². The Hall–Kier alpha value is -3.67. The molecule has 0 spiro atoms. The zero-order valence-electron chi connectivity index (χ0n) is 14.6. The molecule has 0 aliphatic heterocycles. The number of hydrogen-bond acceptors (Lipinski definition) is 7. The van der Waals surface area contributed by atoms with Crippen molar-refractivity contribution in [3.05, 3.63) is 54.0 Å². The molecular weight excluding hydrogens is 388 g/mol. The van der Waals surface area contributed by atoms with Crippen LogP contribution in [0.1, 0.15) is 27.8 Å². The number of ether oxygens (including phenoxy) is 1. The lowest BCUT2D eigenvalue weighted by Gasteiger charge is -2.09. The Morgan fingerprint density at radius 2 is 2.11 bits per heavy atom. The molecule has 0 saturated carbocycles. The number of nitrogens with zero attached hydrogens (tertiary/aromatic N) is 3. The third kappa shape index (κ3) is 3.86. The fourth-order valence-electron chi connectivity index (χ4n) is 2.35. The van der Waals surface area contributed by atoms with Gasteiger partial charge in [0.15, 0.2) is 5.03 Å². The summed E-state index contributed by atoms with van der Waals surface area (Å²) in [6.07, 6.45) is 2.60. The topological polar surface area (TPSA) is 162 Å². The van der Waals surface area contributed by atoms with Crippen molar-refractivity contribution in [2.24, 2.45) is 5.73 Å². The normalized spacial score (nSPS) is 11.2. The average molecular weight is 404 g/mol. The van der Waals surface area contributed by atoms with E-state index in [4.69, 9.17) is 10.5 Å². The number of aromatic amines is 1. The number of amides is 1. The van der Waals surface area contributed by atoms with Gasteiger partial charge >= 0.3 is 5.97 Å². The number of nitrogens with one attached hydrogen (secondary N) is 2. The van der Waals surface area contributed by atoms with E-state index in [1.165, 1.54) is 29.1 Å². The van der Waals surface area contributed by atoms with Gasteiger partial charge in [0.05, 0.1) is 24.2 Å². The predicted octanol–water partition coefficient (Wildman–Crippen LogP) is 0.672. The van der Waals surface area contributed by atoms with Crippen LogP contribution in [0.25, 0.3) is 5.69 Å². The number of anilines is 1. The first-order chi connectivity index (χ1) is 13.3. The molecule has 0 atom stereocenters. The van der Waals surface area contributed by atoms with Crippen LogP contribution in [-0.4, -0.2) is 46.9 Å². The first kappa shape index (κ1) is 19.1. The summed E-state index contributed by atoms with van der Waals surface area (Å²) >= 11 is 0. The van der Waals surface area contributed by atoms with Crippen molar-refractivity contribution >= 4 is 27.6 Å². The summed E-state index contributed by atoms with van der Waals surface area (Å²) in [4.78, 5) is 23.1. The number of H-pyrrole nitrogens is 1. The predicted molar refractivity (Wildman–Crippen MR) is 97.4 cm³/mol. The van der Waals surface area contributed by atoms with Crippen LogP contribution in [0.2, 0.25) is 0 Å². The van der Waals surface area contributed by atoms with Gasteiger partial charge in [0.2, 0.25) is 0 Å². The van der Waals surface area contributed by atoms with Crippen molar-refractivity contribution in [2.45, 2.75) is 11.9 Å². The first-order valence-electron chi connectivity index (χ1n) is 8.01. The molecule has 0 fully saturated rings. The molecule has 28 heavy (non-hydrogen) atoms. The molecule has 3 rings (SSSR count). The van der Waals surface area contributed by atoms with Crippen molar-refractivity contribution in [3.63, 3.8) is 0 Å². The van der Waals surface area contributed by atoms with Gasteiger partial charge in [-0.25, -0.2) is 9.48 Å². The molecule has 2 aromatic heterocycles. The minimum Gasteiger partial charge on any atom is -0.462 e. The zero-order chi connectivity index (χ0) is 20.3. The Bertz CT molecular complexity index is 1130. The second-order valence-corrected chi connectivity index (χ2v) is 7.12. The van der Waals surface area contributed by atoms with Crippen LogP contribution in [0.5, 0.6) is 0 Å². The number of sulfonamides is 1. The standard InChI is InChI=1S/C16H16N6O5S/c1-2-27-16(24)12-9-18-19-15(12)28(25,26)21-10-4-3-5-11(8-10)22-7-6-13(20-22)14(17)23/h3-9,21H,2H2,1H3,(H2,17,23)(H,18,19). The van der Waals surface area contributed by atoms with Crippen LogP contribution < -0.4 is 10.5 Å². The third-order valence-electron chi connectivity index (χ3n) is 3.57. The molecule has 0 unspecified atom stereocenters. The monoisotopic (exact) mass is 404 g/mol. The molecule has 1 amide bonds. The summed E-state index contributed by atoms with van der Waals surface area (Å²) in [6, 6.07) is 7.71. The summed E-state index contributed by atoms with van der Waals surface area (Å²) in [5.41, 5.74) is 5.74. The zero-order valence-corrected chi connectivity index (χ0v) is 15.4. The largest absolute Gasteiger partial charge is 0.462 e. The Morgan fingerprint density at radius 3 is 2.79 bits per heavy atom. The number of nitrogens with two attached hydrogens (primary N) is 1. The van der Waals surface area contributed by atoms with Gasteiger partial charge < -0.3 is 10.5 Å². The van der Waals surface area contributed by atoms with Crippen LogP contribution in [0.15, 0.2) is 47.8 Å². The molecule has 12 heteroatoms. The fourth-order valence-corrected chi connectivity index (χ4v) is 3.49. The lowest BCUT2D eigenvalue weighted by molar-refractivity contribution is 0.0521. The van der Waals surface area contributed by atoms with Crippen LogP contribution in [0.4, 0.5) is 5.69 Å². The van der Waals surface area contributed by atoms with E-state index >= 15 is 0 Å². The molecule has 1 aromatic carbocycles. The Morgan fingerprint density at radius 1 is 1.32 bits per heavy atom. The van der Waals surface area contributed by atoms with Gasteiger partial charge in [0.25, 0.3) is 15.9 Å². The molecule has 0 bridgehead atoms. The molecule has 0 saturated heterocycles.